The first kappa shape index (κ1) is 12.4. The fourth-order valence-electron chi connectivity index (χ4n) is 1.67. The number of nitrogens with zero attached hydrogens (tertiary/aromatic N) is 4. The molecule has 3 aromatic rings. The monoisotopic (exact) mass is 422 g/mol. The number of fused-ring (bicyclic) bond motifs is 1. The van der Waals surface area contributed by atoms with Gasteiger partial charge in [-0.05, 0) is 12.4 Å². The molecular formula is C11H9IrN4S-. The van der Waals surface area contributed by atoms with E-state index in [1.165, 1.54) is 11.5 Å². The molecule has 0 amide bonds. The Bertz CT molecular complexity index is 645. The summed E-state index contributed by atoms with van der Waals surface area (Å²) in [7, 11) is 2.01. The molecule has 89 valence electrons. The number of hydrogen-bond donors (Lipinski definition) is 0. The predicted octanol–water partition coefficient (Wildman–Crippen LogP) is 2.20. The quantitative estimate of drug-likeness (QED) is 0.566. The van der Waals surface area contributed by atoms with Crippen molar-refractivity contribution in [3.63, 3.8) is 0 Å². The smallest absolute Gasteiger partial charge is 0.118 e. The molecule has 4 nitrogen and oxygen atoms in total. The maximum atomic E-state index is 4.43. The van der Waals surface area contributed by atoms with Crippen LogP contribution < -0.4 is 0 Å². The van der Waals surface area contributed by atoms with Crippen LogP contribution in [0.1, 0.15) is 5.82 Å². The fraction of sp³-hybridized carbons (Fsp3) is 0.182. The molecule has 0 N–H and O–H groups in total. The summed E-state index contributed by atoms with van der Waals surface area (Å²) in [5.41, 5.74) is 3.03. The van der Waals surface area contributed by atoms with Gasteiger partial charge in [0.25, 0.3) is 0 Å². The molecule has 0 saturated carbocycles. The molecule has 0 aliphatic carbocycles. The maximum Gasteiger partial charge on any atom is 0.118 e. The molecule has 2 aromatic heterocycles. The Hall–Kier alpha value is -1.10. The molecule has 0 atom stereocenters. The minimum absolute atomic E-state index is 0. The number of aromatic nitrogens is 4. The second-order valence-electron chi connectivity index (χ2n) is 3.58. The Kier molecular flexibility index (Phi) is 3.38. The van der Waals surface area contributed by atoms with Crippen LogP contribution in [0.15, 0.2) is 18.5 Å². The van der Waals surface area contributed by atoms with E-state index in [-0.39, 0.29) is 20.1 Å². The topological polar surface area (TPSA) is 43.6 Å². The van der Waals surface area contributed by atoms with Crippen LogP contribution in [-0.2, 0) is 27.2 Å². The largest absolute Gasteiger partial charge is 0.349 e. The molecule has 1 aromatic carbocycles. The van der Waals surface area contributed by atoms with Crippen LogP contribution in [0.2, 0.25) is 0 Å². The van der Waals surface area contributed by atoms with E-state index in [1.54, 1.807) is 6.33 Å². The summed E-state index contributed by atoms with van der Waals surface area (Å²) in [4.78, 5) is 8.61. The third-order valence-corrected chi connectivity index (χ3v) is 3.33. The van der Waals surface area contributed by atoms with Crippen LogP contribution in [0.3, 0.4) is 0 Å². The summed E-state index contributed by atoms with van der Waals surface area (Å²) in [5, 5.41) is 0.890. The van der Waals surface area contributed by atoms with Gasteiger partial charge in [-0.15, -0.1) is 23.8 Å². The van der Waals surface area contributed by atoms with Gasteiger partial charge in [-0.25, -0.2) is 0 Å². The Balaban J connectivity index is 0.00000108. The molecule has 0 aliphatic rings. The molecule has 3 rings (SSSR count). The van der Waals surface area contributed by atoms with Gasteiger partial charge in [-0.3, -0.25) is 9.97 Å². The average molecular weight is 422 g/mol. The standard InChI is InChI=1S/C11H9N4S.Ir/c1-7-14-9-4-3-8(5-10(9)15(7)2)11-12-6-13-16-11;/h4-6H,1-2H3;/q-1;. The van der Waals surface area contributed by atoms with Gasteiger partial charge in [-0.1, -0.05) is 11.5 Å². The van der Waals surface area contributed by atoms with Gasteiger partial charge in [0.05, 0.1) is 10.8 Å². The first-order chi connectivity index (χ1) is 7.75. The number of hydrogen-bond acceptors (Lipinski definition) is 4. The molecule has 0 bridgehead atoms. The summed E-state index contributed by atoms with van der Waals surface area (Å²) < 4.78 is 6.06. The summed E-state index contributed by atoms with van der Waals surface area (Å²) >= 11 is 1.38. The SMILES string of the molecule is Cc1nc2c[c-]c(-c3ncns3)cc2n1C.[Ir]. The molecule has 0 fully saturated rings. The first-order valence-electron chi connectivity index (χ1n) is 4.87. The van der Waals surface area contributed by atoms with Crippen LogP contribution in [0.5, 0.6) is 0 Å². The van der Waals surface area contributed by atoms with E-state index >= 15 is 0 Å². The van der Waals surface area contributed by atoms with Crippen LogP contribution in [-0.4, -0.2) is 18.9 Å². The number of rotatable bonds is 1. The van der Waals surface area contributed by atoms with E-state index in [2.05, 4.69) is 31.0 Å². The van der Waals surface area contributed by atoms with Gasteiger partial charge in [0, 0.05) is 32.7 Å². The third kappa shape index (κ3) is 2.04. The Morgan fingerprint density at radius 3 is 2.94 bits per heavy atom. The Morgan fingerprint density at radius 1 is 1.41 bits per heavy atom. The Morgan fingerprint density at radius 2 is 2.24 bits per heavy atom. The molecule has 0 saturated heterocycles. The minimum atomic E-state index is 0. The van der Waals surface area contributed by atoms with Crippen molar-refractivity contribution >= 4 is 22.6 Å². The van der Waals surface area contributed by atoms with Gasteiger partial charge in [0.2, 0.25) is 0 Å². The van der Waals surface area contributed by atoms with Crippen LogP contribution in [0.4, 0.5) is 0 Å². The van der Waals surface area contributed by atoms with E-state index in [0.717, 1.165) is 27.4 Å². The van der Waals surface area contributed by atoms with Crippen LogP contribution in [0, 0.1) is 13.0 Å². The Labute approximate surface area is 116 Å². The minimum Gasteiger partial charge on any atom is -0.349 e. The molecule has 0 unspecified atom stereocenters. The summed E-state index contributed by atoms with van der Waals surface area (Å²) in [6.07, 6.45) is 1.56. The van der Waals surface area contributed by atoms with Crippen molar-refractivity contribution in [2.45, 2.75) is 6.92 Å². The summed E-state index contributed by atoms with van der Waals surface area (Å²) in [6, 6.07) is 7.14. The van der Waals surface area contributed by atoms with Gasteiger partial charge in [0.15, 0.2) is 0 Å². The van der Waals surface area contributed by atoms with Crippen molar-refractivity contribution in [2.75, 3.05) is 0 Å². The van der Waals surface area contributed by atoms with Crippen molar-refractivity contribution in [3.8, 4) is 10.6 Å². The van der Waals surface area contributed by atoms with Crippen LogP contribution >= 0.6 is 11.5 Å². The zero-order valence-electron chi connectivity index (χ0n) is 9.26. The van der Waals surface area contributed by atoms with E-state index < -0.39 is 0 Å². The van der Waals surface area contributed by atoms with Crippen molar-refractivity contribution in [1.82, 2.24) is 18.9 Å². The van der Waals surface area contributed by atoms with Gasteiger partial charge in [-0.2, -0.15) is 4.37 Å². The second-order valence-corrected chi connectivity index (χ2v) is 4.36. The van der Waals surface area contributed by atoms with E-state index in [4.69, 9.17) is 0 Å². The van der Waals surface area contributed by atoms with Crippen LogP contribution in [0.25, 0.3) is 21.6 Å². The molecule has 2 heterocycles. The maximum absolute atomic E-state index is 4.43. The number of benzene rings is 1. The molecule has 0 spiro atoms. The first-order valence-corrected chi connectivity index (χ1v) is 5.65. The molecule has 17 heavy (non-hydrogen) atoms. The van der Waals surface area contributed by atoms with Gasteiger partial charge in [0.1, 0.15) is 6.33 Å². The third-order valence-electron chi connectivity index (χ3n) is 2.63. The van der Waals surface area contributed by atoms with Gasteiger partial charge < -0.3 is 4.57 Å². The zero-order valence-corrected chi connectivity index (χ0v) is 12.5. The van der Waals surface area contributed by atoms with Crippen molar-refractivity contribution in [2.24, 2.45) is 7.05 Å². The fourth-order valence-corrected chi connectivity index (χ4v) is 2.17. The molecular weight excluding hydrogens is 412 g/mol. The second kappa shape index (κ2) is 4.64. The van der Waals surface area contributed by atoms with Crippen molar-refractivity contribution in [3.05, 3.63) is 30.4 Å². The summed E-state index contributed by atoms with van der Waals surface area (Å²) in [6.45, 7) is 1.99. The average Bonchev–Trinajstić information content (AvgIpc) is 2.89. The molecule has 6 heteroatoms. The predicted molar refractivity (Wildman–Crippen MR) is 63.2 cm³/mol. The van der Waals surface area contributed by atoms with E-state index in [9.17, 15) is 0 Å². The van der Waals surface area contributed by atoms with E-state index in [1.807, 2.05) is 20.0 Å². The van der Waals surface area contributed by atoms with Crippen molar-refractivity contribution < 1.29 is 20.1 Å². The summed E-state index contributed by atoms with van der Waals surface area (Å²) in [5.74, 6) is 0.998. The molecule has 0 aliphatic heterocycles. The van der Waals surface area contributed by atoms with E-state index in [0.29, 0.717) is 0 Å². The van der Waals surface area contributed by atoms with Crippen molar-refractivity contribution in [1.29, 1.82) is 0 Å². The normalized spacial score (nSPS) is 10.5. The molecule has 1 radical (unpaired) electrons. The number of aryl methyl sites for hydroxylation is 2. The number of imidazole rings is 1. The van der Waals surface area contributed by atoms with Gasteiger partial charge >= 0.3 is 0 Å². The zero-order chi connectivity index (χ0) is 11.1.